The fraction of sp³-hybridized carbons (Fsp3) is 0.455. The maximum absolute atomic E-state index is 10.3. The monoisotopic (exact) mass is 193 g/mol. The van der Waals surface area contributed by atoms with Crippen molar-refractivity contribution in [2.24, 2.45) is 0 Å². The Morgan fingerprint density at radius 1 is 1.29 bits per heavy atom. The van der Waals surface area contributed by atoms with Gasteiger partial charge in [0.25, 0.3) is 0 Å². The van der Waals surface area contributed by atoms with Crippen molar-refractivity contribution < 1.29 is 9.84 Å². The van der Waals surface area contributed by atoms with E-state index in [2.05, 4.69) is 0 Å². The van der Waals surface area contributed by atoms with E-state index >= 15 is 0 Å². The Morgan fingerprint density at radius 2 is 2.00 bits per heavy atom. The third-order valence-electron chi connectivity index (χ3n) is 2.67. The van der Waals surface area contributed by atoms with Crippen molar-refractivity contribution in [2.45, 2.75) is 18.4 Å². The first-order valence-corrected chi connectivity index (χ1v) is 4.87. The van der Waals surface area contributed by atoms with E-state index in [1.807, 2.05) is 24.3 Å². The molecular weight excluding hydrogens is 178 g/mol. The highest BCUT2D eigenvalue weighted by molar-refractivity contribution is 5.41. The van der Waals surface area contributed by atoms with Gasteiger partial charge in [-0.25, -0.2) is 0 Å². The van der Waals surface area contributed by atoms with Gasteiger partial charge < -0.3 is 15.6 Å². The van der Waals surface area contributed by atoms with E-state index in [4.69, 9.17) is 10.5 Å². The van der Waals surface area contributed by atoms with E-state index in [1.54, 1.807) is 0 Å². The summed E-state index contributed by atoms with van der Waals surface area (Å²) >= 11 is 0. The van der Waals surface area contributed by atoms with Gasteiger partial charge in [0.15, 0.2) is 0 Å². The fourth-order valence-electron chi connectivity index (χ4n) is 1.80. The van der Waals surface area contributed by atoms with Crippen LogP contribution in [0, 0.1) is 0 Å². The van der Waals surface area contributed by atoms with Crippen LogP contribution in [-0.4, -0.2) is 18.3 Å². The zero-order valence-corrected chi connectivity index (χ0v) is 8.07. The molecule has 1 atom stereocenters. The predicted octanol–water partition coefficient (Wildman–Crippen LogP) is 1.27. The lowest BCUT2D eigenvalue weighted by molar-refractivity contribution is -0.0902. The average molecular weight is 193 g/mol. The van der Waals surface area contributed by atoms with Crippen molar-refractivity contribution in [3.63, 3.8) is 0 Å². The van der Waals surface area contributed by atoms with Crippen LogP contribution in [-0.2, 0) is 10.3 Å². The summed E-state index contributed by atoms with van der Waals surface area (Å²) < 4.78 is 5.29. The molecule has 1 fully saturated rings. The van der Waals surface area contributed by atoms with Gasteiger partial charge in [0, 0.05) is 12.3 Å². The van der Waals surface area contributed by atoms with Crippen LogP contribution in [0.25, 0.3) is 0 Å². The number of hydrogen-bond donors (Lipinski definition) is 2. The first-order valence-electron chi connectivity index (χ1n) is 4.87. The highest BCUT2D eigenvalue weighted by Gasteiger charge is 2.31. The van der Waals surface area contributed by atoms with Gasteiger partial charge in [0.2, 0.25) is 0 Å². The van der Waals surface area contributed by atoms with E-state index in [-0.39, 0.29) is 0 Å². The first kappa shape index (κ1) is 9.49. The topological polar surface area (TPSA) is 55.5 Å². The van der Waals surface area contributed by atoms with Gasteiger partial charge in [0.1, 0.15) is 5.60 Å². The molecular formula is C11H15NO2. The summed E-state index contributed by atoms with van der Waals surface area (Å²) in [5, 5.41) is 10.3. The van der Waals surface area contributed by atoms with Crippen LogP contribution < -0.4 is 5.73 Å². The molecule has 1 aliphatic rings. The lowest BCUT2D eigenvalue weighted by Crippen LogP contribution is -2.35. The van der Waals surface area contributed by atoms with Crippen molar-refractivity contribution in [1.82, 2.24) is 0 Å². The summed E-state index contributed by atoms with van der Waals surface area (Å²) in [6.45, 7) is 1.13. The van der Waals surface area contributed by atoms with Gasteiger partial charge in [-0.2, -0.15) is 0 Å². The second kappa shape index (κ2) is 3.59. The van der Waals surface area contributed by atoms with Crippen molar-refractivity contribution in [3.05, 3.63) is 29.8 Å². The maximum Gasteiger partial charge on any atom is 0.113 e. The second-order valence-corrected chi connectivity index (χ2v) is 3.81. The van der Waals surface area contributed by atoms with Crippen molar-refractivity contribution in [2.75, 3.05) is 18.9 Å². The van der Waals surface area contributed by atoms with Gasteiger partial charge >= 0.3 is 0 Å². The molecule has 0 amide bonds. The Morgan fingerprint density at radius 3 is 2.57 bits per heavy atom. The van der Waals surface area contributed by atoms with Crippen LogP contribution in [0.3, 0.4) is 0 Å². The number of rotatable bonds is 1. The number of nitrogen functional groups attached to an aromatic ring is 1. The minimum absolute atomic E-state index is 0.386. The largest absolute Gasteiger partial charge is 0.399 e. The number of aliphatic hydroxyl groups is 1. The molecule has 3 heteroatoms. The quantitative estimate of drug-likeness (QED) is 0.660. The highest BCUT2D eigenvalue weighted by atomic mass is 16.5. The predicted molar refractivity (Wildman–Crippen MR) is 54.8 cm³/mol. The Labute approximate surface area is 83.5 Å². The molecule has 2 rings (SSSR count). The molecule has 1 aromatic carbocycles. The molecule has 1 unspecified atom stereocenters. The van der Waals surface area contributed by atoms with Gasteiger partial charge in [-0.3, -0.25) is 0 Å². The summed E-state index contributed by atoms with van der Waals surface area (Å²) in [5.41, 5.74) is 6.38. The van der Waals surface area contributed by atoms with E-state index in [0.717, 1.165) is 25.0 Å². The van der Waals surface area contributed by atoms with Crippen molar-refractivity contribution in [1.29, 1.82) is 0 Å². The standard InChI is InChI=1S/C11H15NO2/c12-10-4-2-9(3-5-10)11(13)6-1-7-14-8-11/h2-5,13H,1,6-8,12H2. The Hall–Kier alpha value is -1.06. The van der Waals surface area contributed by atoms with E-state index in [9.17, 15) is 5.11 Å². The lowest BCUT2D eigenvalue weighted by Gasteiger charge is -2.32. The summed E-state index contributed by atoms with van der Waals surface area (Å²) in [4.78, 5) is 0. The van der Waals surface area contributed by atoms with Gasteiger partial charge in [-0.15, -0.1) is 0 Å². The van der Waals surface area contributed by atoms with Crippen LogP contribution in [0.15, 0.2) is 24.3 Å². The Balaban J connectivity index is 2.23. The molecule has 0 saturated carbocycles. The number of hydrogen-bond acceptors (Lipinski definition) is 3. The van der Waals surface area contributed by atoms with Gasteiger partial charge in [-0.1, -0.05) is 12.1 Å². The van der Waals surface area contributed by atoms with Crippen LogP contribution >= 0.6 is 0 Å². The second-order valence-electron chi connectivity index (χ2n) is 3.81. The Kier molecular flexibility index (Phi) is 2.44. The average Bonchev–Trinajstić information content (AvgIpc) is 2.19. The van der Waals surface area contributed by atoms with Crippen molar-refractivity contribution in [3.8, 4) is 0 Å². The molecule has 3 nitrogen and oxygen atoms in total. The SMILES string of the molecule is Nc1ccc(C2(O)CCCOC2)cc1. The summed E-state index contributed by atoms with van der Waals surface area (Å²) in [5.74, 6) is 0. The number of anilines is 1. The molecule has 0 radical (unpaired) electrons. The molecule has 3 N–H and O–H groups in total. The molecule has 1 heterocycles. The molecule has 0 aromatic heterocycles. The number of ether oxygens (including phenoxy) is 1. The van der Waals surface area contributed by atoms with Crippen LogP contribution in [0.4, 0.5) is 5.69 Å². The Bertz CT molecular complexity index is 302. The minimum Gasteiger partial charge on any atom is -0.399 e. The van der Waals surface area contributed by atoms with Gasteiger partial charge in [0.05, 0.1) is 6.61 Å². The summed E-state index contributed by atoms with van der Waals surface area (Å²) in [6, 6.07) is 7.35. The lowest BCUT2D eigenvalue weighted by atomic mass is 9.88. The molecule has 14 heavy (non-hydrogen) atoms. The van der Waals surface area contributed by atoms with E-state index < -0.39 is 5.60 Å². The smallest absolute Gasteiger partial charge is 0.113 e. The third-order valence-corrected chi connectivity index (χ3v) is 2.67. The normalized spacial score (nSPS) is 27.5. The molecule has 1 aromatic rings. The minimum atomic E-state index is -0.814. The molecule has 1 saturated heterocycles. The summed E-state index contributed by atoms with van der Waals surface area (Å²) in [7, 11) is 0. The van der Waals surface area contributed by atoms with Crippen LogP contribution in [0.1, 0.15) is 18.4 Å². The van der Waals surface area contributed by atoms with Gasteiger partial charge in [-0.05, 0) is 30.5 Å². The molecule has 0 spiro atoms. The van der Waals surface area contributed by atoms with E-state index in [1.165, 1.54) is 0 Å². The van der Waals surface area contributed by atoms with Crippen LogP contribution in [0.5, 0.6) is 0 Å². The first-order chi connectivity index (χ1) is 6.71. The fourth-order valence-corrected chi connectivity index (χ4v) is 1.80. The van der Waals surface area contributed by atoms with Crippen LogP contribution in [0.2, 0.25) is 0 Å². The number of benzene rings is 1. The number of nitrogens with two attached hydrogens (primary N) is 1. The molecule has 76 valence electrons. The van der Waals surface area contributed by atoms with Crippen molar-refractivity contribution >= 4 is 5.69 Å². The zero-order chi connectivity index (χ0) is 10.0. The molecule has 0 aliphatic carbocycles. The molecule has 0 bridgehead atoms. The molecule has 1 aliphatic heterocycles. The summed E-state index contributed by atoms with van der Waals surface area (Å²) in [6.07, 6.45) is 1.66. The maximum atomic E-state index is 10.3. The third kappa shape index (κ3) is 1.74. The zero-order valence-electron chi connectivity index (χ0n) is 8.07. The van der Waals surface area contributed by atoms with E-state index in [0.29, 0.717) is 12.3 Å². The highest BCUT2D eigenvalue weighted by Crippen LogP contribution is 2.30.